The molecule has 1 aliphatic heterocycles. The average molecular weight is 305 g/mol. The molecule has 1 aromatic heterocycles. The Hall–Kier alpha value is -1.57. The first-order chi connectivity index (χ1) is 10.1. The minimum atomic E-state index is -0.0101. The van der Waals surface area contributed by atoms with E-state index >= 15 is 0 Å². The molecule has 3 rings (SSSR count). The number of hydrogen-bond acceptors (Lipinski definition) is 6. The molecule has 1 fully saturated rings. The minimum absolute atomic E-state index is 0.00882. The van der Waals surface area contributed by atoms with Crippen molar-refractivity contribution in [3.63, 3.8) is 0 Å². The molecule has 112 valence electrons. The summed E-state index contributed by atoms with van der Waals surface area (Å²) < 4.78 is 8.43. The zero-order valence-electron chi connectivity index (χ0n) is 12.2. The first-order valence-corrected chi connectivity index (χ1v) is 7.76. The predicted octanol–water partition coefficient (Wildman–Crippen LogP) is 1.31. The molecule has 0 radical (unpaired) electrons. The second-order valence-electron chi connectivity index (χ2n) is 5.90. The van der Waals surface area contributed by atoms with Gasteiger partial charge in [0.1, 0.15) is 11.0 Å². The van der Waals surface area contributed by atoms with Crippen molar-refractivity contribution in [2.75, 3.05) is 31.5 Å². The highest BCUT2D eigenvalue weighted by atomic mass is 32.1. The van der Waals surface area contributed by atoms with Gasteiger partial charge in [0.2, 0.25) is 5.91 Å². The van der Waals surface area contributed by atoms with Gasteiger partial charge in [-0.3, -0.25) is 9.69 Å². The number of fused-ring (bicyclic) bond motifs is 1. The fraction of sp³-hybridized carbons (Fsp3) is 0.500. The molecule has 2 aromatic rings. The van der Waals surface area contributed by atoms with Crippen LogP contribution in [0.15, 0.2) is 18.2 Å². The Bertz CT molecular complexity index is 654. The number of nitrogens with zero attached hydrogens (tertiary/aromatic N) is 3. The smallest absolute Gasteiger partial charge is 0.238 e. The van der Waals surface area contributed by atoms with Crippen LogP contribution in [0, 0.1) is 0 Å². The van der Waals surface area contributed by atoms with Crippen LogP contribution >= 0.6 is 11.7 Å². The molecule has 6 nitrogen and oxygen atoms in total. The number of carbonyl (C=O) groups is 1. The molecule has 1 aromatic carbocycles. The summed E-state index contributed by atoms with van der Waals surface area (Å²) in [5, 5.41) is 6.32. The molecule has 2 N–H and O–H groups in total. The maximum absolute atomic E-state index is 12.3. The molecule has 0 saturated carbocycles. The molecule has 0 unspecified atom stereocenters. The van der Waals surface area contributed by atoms with Crippen LogP contribution in [0.2, 0.25) is 0 Å². The van der Waals surface area contributed by atoms with Gasteiger partial charge >= 0.3 is 0 Å². The highest BCUT2D eigenvalue weighted by Gasteiger charge is 2.30. The maximum Gasteiger partial charge on any atom is 0.238 e. The van der Waals surface area contributed by atoms with E-state index < -0.39 is 0 Å². The van der Waals surface area contributed by atoms with Crippen LogP contribution in [0.1, 0.15) is 13.8 Å². The van der Waals surface area contributed by atoms with Gasteiger partial charge in [0, 0.05) is 25.2 Å². The summed E-state index contributed by atoms with van der Waals surface area (Å²) in [5.74, 6) is -0.00882. The van der Waals surface area contributed by atoms with E-state index in [-0.39, 0.29) is 11.4 Å². The fourth-order valence-corrected chi connectivity index (χ4v) is 3.14. The zero-order valence-corrected chi connectivity index (χ0v) is 13.0. The number of nitrogens with one attached hydrogen (secondary N) is 2. The summed E-state index contributed by atoms with van der Waals surface area (Å²) in [5.41, 5.74) is 2.30. The minimum Gasteiger partial charge on any atom is -0.323 e. The first-order valence-electron chi connectivity index (χ1n) is 7.03. The van der Waals surface area contributed by atoms with E-state index in [9.17, 15) is 4.79 Å². The van der Waals surface area contributed by atoms with Gasteiger partial charge in [-0.05, 0) is 26.0 Å². The number of amides is 1. The summed E-state index contributed by atoms with van der Waals surface area (Å²) in [6.45, 7) is 7.38. The van der Waals surface area contributed by atoms with Gasteiger partial charge in [-0.1, -0.05) is 6.07 Å². The van der Waals surface area contributed by atoms with Crippen LogP contribution in [0.5, 0.6) is 0 Å². The van der Waals surface area contributed by atoms with E-state index in [0.717, 1.165) is 48.1 Å². The summed E-state index contributed by atoms with van der Waals surface area (Å²) in [6.07, 6.45) is 0. The quantitative estimate of drug-likeness (QED) is 0.895. The van der Waals surface area contributed by atoms with Crippen LogP contribution in [0.25, 0.3) is 11.0 Å². The number of piperazine rings is 1. The lowest BCUT2D eigenvalue weighted by Crippen LogP contribution is -2.59. The summed E-state index contributed by atoms with van der Waals surface area (Å²) in [4.78, 5) is 14.5. The fourth-order valence-electron chi connectivity index (χ4n) is 2.59. The molecule has 0 spiro atoms. The third-order valence-corrected chi connectivity index (χ3v) is 4.41. The van der Waals surface area contributed by atoms with Crippen molar-refractivity contribution >= 4 is 34.4 Å². The predicted molar refractivity (Wildman–Crippen MR) is 84.6 cm³/mol. The number of rotatable bonds is 3. The molecule has 1 aliphatic rings. The molecule has 0 bridgehead atoms. The highest BCUT2D eigenvalue weighted by molar-refractivity contribution is 7.00. The third kappa shape index (κ3) is 3.04. The maximum atomic E-state index is 12.3. The lowest BCUT2D eigenvalue weighted by Gasteiger charge is -2.42. The largest absolute Gasteiger partial charge is 0.323 e. The second-order valence-corrected chi connectivity index (χ2v) is 6.42. The van der Waals surface area contributed by atoms with Crippen molar-refractivity contribution in [1.29, 1.82) is 0 Å². The Kier molecular flexibility index (Phi) is 3.88. The van der Waals surface area contributed by atoms with E-state index in [2.05, 4.69) is 38.1 Å². The van der Waals surface area contributed by atoms with Crippen LogP contribution in [-0.2, 0) is 4.79 Å². The molecular weight excluding hydrogens is 286 g/mol. The SMILES string of the molecule is CC1(C)CNCCN1CC(=O)Nc1cccc2nsnc12. The van der Waals surface area contributed by atoms with Crippen molar-refractivity contribution < 1.29 is 4.79 Å². The number of anilines is 1. The Morgan fingerprint density at radius 3 is 3.14 bits per heavy atom. The van der Waals surface area contributed by atoms with Gasteiger partial charge in [-0.2, -0.15) is 8.75 Å². The van der Waals surface area contributed by atoms with Crippen molar-refractivity contribution in [2.24, 2.45) is 0 Å². The van der Waals surface area contributed by atoms with Gasteiger partial charge in [0.05, 0.1) is 24.0 Å². The molecule has 7 heteroatoms. The lowest BCUT2D eigenvalue weighted by molar-refractivity contribution is -0.119. The Morgan fingerprint density at radius 1 is 1.48 bits per heavy atom. The third-order valence-electron chi connectivity index (χ3n) is 3.87. The molecule has 1 saturated heterocycles. The normalized spacial score (nSPS) is 18.8. The standard InChI is InChI=1S/C14H19N5OS/c1-14(2)9-15-6-7-19(14)8-12(20)16-10-4-3-5-11-13(10)18-21-17-11/h3-5,15H,6-9H2,1-2H3,(H,16,20). The first kappa shape index (κ1) is 14.4. The van der Waals surface area contributed by atoms with Crippen molar-refractivity contribution in [2.45, 2.75) is 19.4 Å². The van der Waals surface area contributed by atoms with E-state index in [0.29, 0.717) is 6.54 Å². The van der Waals surface area contributed by atoms with Crippen LogP contribution in [0.3, 0.4) is 0 Å². The Balaban J connectivity index is 1.70. The molecule has 21 heavy (non-hydrogen) atoms. The van der Waals surface area contributed by atoms with Crippen molar-refractivity contribution in [3.05, 3.63) is 18.2 Å². The van der Waals surface area contributed by atoms with Crippen LogP contribution in [-0.4, -0.2) is 51.3 Å². The molecule has 0 aliphatic carbocycles. The van der Waals surface area contributed by atoms with Gasteiger partial charge in [0.25, 0.3) is 0 Å². The zero-order chi connectivity index (χ0) is 14.9. The highest BCUT2D eigenvalue weighted by Crippen LogP contribution is 2.21. The number of benzene rings is 1. The van der Waals surface area contributed by atoms with E-state index in [4.69, 9.17) is 0 Å². The lowest BCUT2D eigenvalue weighted by atomic mass is 10.0. The van der Waals surface area contributed by atoms with E-state index in [1.54, 1.807) is 0 Å². The topological polar surface area (TPSA) is 70.2 Å². The van der Waals surface area contributed by atoms with Gasteiger partial charge in [0.15, 0.2) is 0 Å². The van der Waals surface area contributed by atoms with Crippen molar-refractivity contribution in [1.82, 2.24) is 19.0 Å². The number of aromatic nitrogens is 2. The van der Waals surface area contributed by atoms with E-state index in [1.165, 1.54) is 0 Å². The molecule has 2 heterocycles. The summed E-state index contributed by atoms with van der Waals surface area (Å²) in [7, 11) is 0. The van der Waals surface area contributed by atoms with Gasteiger partial charge in [-0.15, -0.1) is 0 Å². The summed E-state index contributed by atoms with van der Waals surface area (Å²) >= 11 is 1.16. The van der Waals surface area contributed by atoms with Crippen LogP contribution in [0.4, 0.5) is 5.69 Å². The average Bonchev–Trinajstić information content (AvgIpc) is 2.90. The van der Waals surface area contributed by atoms with Gasteiger partial charge in [-0.25, -0.2) is 0 Å². The van der Waals surface area contributed by atoms with Crippen molar-refractivity contribution in [3.8, 4) is 0 Å². The van der Waals surface area contributed by atoms with E-state index in [1.807, 2.05) is 18.2 Å². The monoisotopic (exact) mass is 305 g/mol. The molecule has 0 atom stereocenters. The summed E-state index contributed by atoms with van der Waals surface area (Å²) in [6, 6.07) is 5.65. The van der Waals surface area contributed by atoms with Gasteiger partial charge < -0.3 is 10.6 Å². The van der Waals surface area contributed by atoms with Crippen LogP contribution < -0.4 is 10.6 Å². The molecule has 1 amide bonds. The molecular formula is C14H19N5OS. The Morgan fingerprint density at radius 2 is 2.33 bits per heavy atom. The second kappa shape index (κ2) is 5.67. The number of hydrogen-bond donors (Lipinski definition) is 2. The number of carbonyl (C=O) groups excluding carboxylic acids is 1. The Labute approximate surface area is 127 Å².